The average Bonchev–Trinajstić information content (AvgIpc) is 2.89. The van der Waals surface area contributed by atoms with Gasteiger partial charge in [0.25, 0.3) is 0 Å². The molecule has 1 aromatic rings. The van der Waals surface area contributed by atoms with Crippen molar-refractivity contribution >= 4 is 23.3 Å². The fourth-order valence-electron chi connectivity index (χ4n) is 2.57. The number of anilines is 1. The van der Waals surface area contributed by atoms with Crippen LogP contribution < -0.4 is 10.2 Å². The highest BCUT2D eigenvalue weighted by molar-refractivity contribution is 6.30. The van der Waals surface area contributed by atoms with Gasteiger partial charge in [0.15, 0.2) is 11.0 Å². The van der Waals surface area contributed by atoms with Gasteiger partial charge in [0, 0.05) is 18.7 Å². The first-order valence-electron chi connectivity index (χ1n) is 5.74. The predicted molar refractivity (Wildman–Crippen MR) is 64.2 cm³/mol. The lowest BCUT2D eigenvalue weighted by molar-refractivity contribution is -0.120. The predicted octanol–water partition coefficient (Wildman–Crippen LogP) is 0.689. The summed E-state index contributed by atoms with van der Waals surface area (Å²) in [5.74, 6) is 0.918. The minimum atomic E-state index is -0.0916. The lowest BCUT2D eigenvalue weighted by atomic mass is 10.1. The summed E-state index contributed by atoms with van der Waals surface area (Å²) >= 11 is 5.96. The van der Waals surface area contributed by atoms with Crippen molar-refractivity contribution in [3.05, 3.63) is 16.3 Å². The summed E-state index contributed by atoms with van der Waals surface area (Å²) in [7, 11) is 0. The molecule has 1 N–H and O–H groups in total. The van der Waals surface area contributed by atoms with E-state index in [0.29, 0.717) is 5.15 Å². The van der Waals surface area contributed by atoms with Crippen molar-refractivity contribution in [2.45, 2.75) is 25.8 Å². The molecule has 0 radical (unpaired) electrons. The van der Waals surface area contributed by atoms with Crippen molar-refractivity contribution < 1.29 is 4.79 Å². The maximum absolute atomic E-state index is 11.7. The van der Waals surface area contributed by atoms with E-state index in [1.165, 1.54) is 0 Å². The Morgan fingerprint density at radius 2 is 2.29 bits per heavy atom. The average molecular weight is 253 g/mol. The fourth-order valence-corrected chi connectivity index (χ4v) is 2.72. The van der Waals surface area contributed by atoms with Gasteiger partial charge in [0.2, 0.25) is 5.91 Å². The summed E-state index contributed by atoms with van der Waals surface area (Å²) in [5.41, 5.74) is 2.11. The molecule has 3 heterocycles. The Kier molecular flexibility index (Phi) is 2.43. The van der Waals surface area contributed by atoms with Crippen molar-refractivity contribution in [2.24, 2.45) is 0 Å². The molecule has 1 fully saturated rings. The molecule has 1 saturated heterocycles. The maximum Gasteiger partial charge on any atom is 0.242 e. The Morgan fingerprint density at radius 1 is 1.47 bits per heavy atom. The first-order valence-corrected chi connectivity index (χ1v) is 6.12. The lowest BCUT2D eigenvalue weighted by Crippen LogP contribution is -2.40. The van der Waals surface area contributed by atoms with Gasteiger partial charge in [0.05, 0.1) is 0 Å². The van der Waals surface area contributed by atoms with Gasteiger partial charge >= 0.3 is 0 Å². The van der Waals surface area contributed by atoms with Crippen LogP contribution in [0.5, 0.6) is 0 Å². The zero-order valence-electron chi connectivity index (χ0n) is 9.53. The van der Waals surface area contributed by atoms with Crippen molar-refractivity contribution in [3.63, 3.8) is 0 Å². The smallest absolute Gasteiger partial charge is 0.242 e. The number of carbonyl (C=O) groups excluding carboxylic acids is 1. The van der Waals surface area contributed by atoms with E-state index < -0.39 is 0 Å². The highest BCUT2D eigenvalue weighted by Crippen LogP contribution is 2.32. The summed E-state index contributed by atoms with van der Waals surface area (Å²) in [6.45, 7) is 3.52. The van der Waals surface area contributed by atoms with Gasteiger partial charge in [0.1, 0.15) is 6.04 Å². The first-order chi connectivity index (χ1) is 8.18. The molecule has 0 aliphatic carbocycles. The molecule has 1 aromatic heterocycles. The van der Waals surface area contributed by atoms with Crippen molar-refractivity contribution in [1.29, 1.82) is 0 Å². The number of rotatable bonds is 1. The standard InChI is InChI=1S/C11H13ClN4O/c1-6-7-3-5-16(8-2-4-13-11(8)17)10(7)15-14-9(6)12/h8H,2-5H2,1H3,(H,13,17)/t8-/m0/s1. The normalized spacial score (nSPS) is 22.8. The van der Waals surface area contributed by atoms with Crippen molar-refractivity contribution in [1.82, 2.24) is 15.5 Å². The van der Waals surface area contributed by atoms with Gasteiger partial charge < -0.3 is 10.2 Å². The molecular formula is C11H13ClN4O. The number of nitrogens with zero attached hydrogens (tertiary/aromatic N) is 3. The number of nitrogens with one attached hydrogen (secondary N) is 1. The third-order valence-corrected chi connectivity index (χ3v) is 3.89. The molecule has 0 bridgehead atoms. The van der Waals surface area contributed by atoms with E-state index in [0.717, 1.165) is 42.9 Å². The summed E-state index contributed by atoms with van der Waals surface area (Å²) < 4.78 is 0. The molecule has 1 atom stereocenters. The van der Waals surface area contributed by atoms with Gasteiger partial charge in [-0.25, -0.2) is 0 Å². The van der Waals surface area contributed by atoms with Crippen LogP contribution in [0.15, 0.2) is 0 Å². The Morgan fingerprint density at radius 3 is 3.00 bits per heavy atom. The number of amides is 1. The van der Waals surface area contributed by atoms with E-state index in [4.69, 9.17) is 11.6 Å². The molecule has 0 aromatic carbocycles. The number of hydrogen-bond donors (Lipinski definition) is 1. The van der Waals surface area contributed by atoms with Gasteiger partial charge in [-0.15, -0.1) is 10.2 Å². The molecule has 5 nitrogen and oxygen atoms in total. The van der Waals surface area contributed by atoms with Gasteiger partial charge in [-0.1, -0.05) is 11.6 Å². The van der Waals surface area contributed by atoms with Crippen molar-refractivity contribution in [3.8, 4) is 0 Å². The summed E-state index contributed by atoms with van der Waals surface area (Å²) in [6, 6.07) is -0.0916. The third kappa shape index (κ3) is 1.57. The van der Waals surface area contributed by atoms with E-state index >= 15 is 0 Å². The highest BCUT2D eigenvalue weighted by Gasteiger charge is 2.36. The molecule has 1 amide bonds. The fraction of sp³-hybridized carbons (Fsp3) is 0.545. The summed E-state index contributed by atoms with van der Waals surface area (Å²) in [5, 5.41) is 11.4. The molecular weight excluding hydrogens is 240 g/mol. The number of hydrogen-bond acceptors (Lipinski definition) is 4. The topological polar surface area (TPSA) is 58.1 Å². The van der Waals surface area contributed by atoms with Crippen LogP contribution in [0.4, 0.5) is 5.82 Å². The van der Waals surface area contributed by atoms with Crippen LogP contribution in [-0.4, -0.2) is 35.2 Å². The van der Waals surface area contributed by atoms with E-state index in [1.54, 1.807) is 0 Å². The lowest BCUT2D eigenvalue weighted by Gasteiger charge is -2.23. The first kappa shape index (κ1) is 10.8. The Labute approximate surface area is 104 Å². The Hall–Kier alpha value is -1.36. The second-order valence-corrected chi connectivity index (χ2v) is 4.81. The van der Waals surface area contributed by atoms with Crippen LogP contribution in [0.3, 0.4) is 0 Å². The third-order valence-electron chi connectivity index (χ3n) is 3.54. The minimum Gasteiger partial charge on any atom is -0.354 e. The highest BCUT2D eigenvalue weighted by atomic mass is 35.5. The van der Waals surface area contributed by atoms with Crippen LogP contribution in [0.1, 0.15) is 17.5 Å². The number of fused-ring (bicyclic) bond motifs is 1. The zero-order valence-corrected chi connectivity index (χ0v) is 10.3. The van der Waals surface area contributed by atoms with E-state index in [-0.39, 0.29) is 11.9 Å². The molecule has 0 unspecified atom stereocenters. The molecule has 90 valence electrons. The van der Waals surface area contributed by atoms with Crippen LogP contribution in [-0.2, 0) is 11.2 Å². The van der Waals surface area contributed by atoms with E-state index in [1.807, 2.05) is 11.8 Å². The summed E-state index contributed by atoms with van der Waals surface area (Å²) in [4.78, 5) is 13.7. The van der Waals surface area contributed by atoms with Gasteiger partial charge in [-0.2, -0.15) is 0 Å². The summed E-state index contributed by atoms with van der Waals surface area (Å²) in [6.07, 6.45) is 1.72. The van der Waals surface area contributed by atoms with Crippen LogP contribution in [0, 0.1) is 6.92 Å². The largest absolute Gasteiger partial charge is 0.354 e. The van der Waals surface area contributed by atoms with E-state index in [2.05, 4.69) is 15.5 Å². The molecule has 17 heavy (non-hydrogen) atoms. The molecule has 0 spiro atoms. The second-order valence-electron chi connectivity index (χ2n) is 4.46. The van der Waals surface area contributed by atoms with Crippen LogP contribution in [0.2, 0.25) is 5.15 Å². The van der Waals surface area contributed by atoms with E-state index in [9.17, 15) is 4.79 Å². The van der Waals surface area contributed by atoms with Crippen LogP contribution >= 0.6 is 11.6 Å². The number of aromatic nitrogens is 2. The van der Waals surface area contributed by atoms with Gasteiger partial charge in [-0.3, -0.25) is 4.79 Å². The molecule has 2 aliphatic heterocycles. The van der Waals surface area contributed by atoms with Gasteiger partial charge in [-0.05, 0) is 25.3 Å². The quantitative estimate of drug-likeness (QED) is 0.799. The van der Waals surface area contributed by atoms with Crippen molar-refractivity contribution in [2.75, 3.05) is 18.0 Å². The number of carbonyl (C=O) groups is 1. The molecule has 3 rings (SSSR count). The SMILES string of the molecule is Cc1c(Cl)nnc2c1CCN2[C@H]1CCNC1=O. The Bertz CT molecular complexity index is 491. The minimum absolute atomic E-state index is 0.0900. The zero-order chi connectivity index (χ0) is 12.0. The molecule has 2 aliphatic rings. The van der Waals surface area contributed by atoms with Crippen LogP contribution in [0.25, 0.3) is 0 Å². The Balaban J connectivity index is 1.99. The maximum atomic E-state index is 11.7. The second kappa shape index (κ2) is 3.84. The number of halogens is 1. The molecule has 0 saturated carbocycles. The molecule has 6 heteroatoms. The monoisotopic (exact) mass is 252 g/mol.